The first kappa shape index (κ1) is 17.5. The number of aromatic nitrogens is 2. The van der Waals surface area contributed by atoms with Crippen molar-refractivity contribution in [1.29, 1.82) is 0 Å². The standard InChI is InChI=1S/C21H25N5O/c1-16-7-8-26-15-18(22-20(26)13-16)14-21(27)23-17-3-5-19(6-4-17)25-11-9-24(2)10-12-25/h3-8,13,15H,9-12,14H2,1-2H3,(H,23,27). The smallest absolute Gasteiger partial charge is 0.230 e. The predicted molar refractivity (Wildman–Crippen MR) is 108 cm³/mol. The van der Waals surface area contributed by atoms with Crippen LogP contribution in [0.5, 0.6) is 0 Å². The molecule has 3 aromatic rings. The molecule has 1 aliphatic rings. The van der Waals surface area contributed by atoms with E-state index in [0.29, 0.717) is 0 Å². The van der Waals surface area contributed by atoms with Crippen LogP contribution >= 0.6 is 0 Å². The summed E-state index contributed by atoms with van der Waals surface area (Å²) in [7, 11) is 2.15. The Hall–Kier alpha value is -2.86. The van der Waals surface area contributed by atoms with E-state index in [2.05, 4.69) is 39.3 Å². The molecule has 0 unspecified atom stereocenters. The summed E-state index contributed by atoms with van der Waals surface area (Å²) in [6.07, 6.45) is 4.14. The molecule has 0 aliphatic carbocycles. The Labute approximate surface area is 159 Å². The van der Waals surface area contributed by atoms with E-state index in [1.807, 2.05) is 48.0 Å². The lowest BCUT2D eigenvalue weighted by Crippen LogP contribution is -2.44. The van der Waals surface area contributed by atoms with Gasteiger partial charge in [-0.1, -0.05) is 0 Å². The van der Waals surface area contributed by atoms with Crippen LogP contribution < -0.4 is 10.2 Å². The van der Waals surface area contributed by atoms with Gasteiger partial charge in [-0.2, -0.15) is 0 Å². The SMILES string of the molecule is Cc1ccn2cc(CC(=O)Nc3ccc(N4CCN(C)CC4)cc3)nc2c1. The van der Waals surface area contributed by atoms with Gasteiger partial charge in [-0.15, -0.1) is 0 Å². The predicted octanol–water partition coefficient (Wildman–Crippen LogP) is 2.58. The fourth-order valence-electron chi connectivity index (χ4n) is 3.41. The van der Waals surface area contributed by atoms with Crippen LogP contribution in [0.2, 0.25) is 0 Å². The number of nitrogens with zero attached hydrogens (tertiary/aromatic N) is 4. The van der Waals surface area contributed by atoms with E-state index >= 15 is 0 Å². The van der Waals surface area contributed by atoms with Gasteiger partial charge in [0.05, 0.1) is 12.1 Å². The van der Waals surface area contributed by atoms with Gasteiger partial charge in [-0.25, -0.2) is 4.98 Å². The molecule has 4 rings (SSSR count). The molecular formula is C21H25N5O. The van der Waals surface area contributed by atoms with Crippen LogP contribution in [0.25, 0.3) is 5.65 Å². The van der Waals surface area contributed by atoms with Crippen molar-refractivity contribution in [2.75, 3.05) is 43.4 Å². The molecule has 1 aliphatic heterocycles. The third kappa shape index (κ3) is 4.11. The van der Waals surface area contributed by atoms with Crippen LogP contribution in [0.4, 0.5) is 11.4 Å². The van der Waals surface area contributed by atoms with Gasteiger partial charge in [0.2, 0.25) is 5.91 Å². The zero-order valence-corrected chi connectivity index (χ0v) is 15.9. The lowest BCUT2D eigenvalue weighted by Gasteiger charge is -2.34. The van der Waals surface area contributed by atoms with Crippen molar-refractivity contribution >= 4 is 22.9 Å². The molecule has 3 heterocycles. The number of anilines is 2. The molecular weight excluding hydrogens is 338 g/mol. The highest BCUT2D eigenvalue weighted by molar-refractivity contribution is 5.92. The van der Waals surface area contributed by atoms with Crippen molar-refractivity contribution in [2.45, 2.75) is 13.3 Å². The molecule has 6 heteroatoms. The lowest BCUT2D eigenvalue weighted by molar-refractivity contribution is -0.115. The second-order valence-corrected chi connectivity index (χ2v) is 7.26. The van der Waals surface area contributed by atoms with Crippen molar-refractivity contribution in [1.82, 2.24) is 14.3 Å². The molecule has 140 valence electrons. The number of fused-ring (bicyclic) bond motifs is 1. The van der Waals surface area contributed by atoms with Gasteiger partial charge in [-0.05, 0) is 55.9 Å². The molecule has 1 saturated heterocycles. The van der Waals surface area contributed by atoms with E-state index in [-0.39, 0.29) is 12.3 Å². The number of likely N-dealkylation sites (N-methyl/N-ethyl adjacent to an activating group) is 1. The molecule has 1 amide bonds. The summed E-state index contributed by atoms with van der Waals surface area (Å²) >= 11 is 0. The Morgan fingerprint density at radius 1 is 1.11 bits per heavy atom. The van der Waals surface area contributed by atoms with Gasteiger partial charge in [0.1, 0.15) is 5.65 Å². The summed E-state index contributed by atoms with van der Waals surface area (Å²) in [5.74, 6) is -0.0533. The fourth-order valence-corrected chi connectivity index (χ4v) is 3.41. The van der Waals surface area contributed by atoms with Crippen molar-refractivity contribution in [3.05, 3.63) is 60.0 Å². The summed E-state index contributed by atoms with van der Waals surface area (Å²) in [5.41, 5.74) is 4.82. The third-order valence-corrected chi connectivity index (χ3v) is 5.03. The first-order chi connectivity index (χ1) is 13.1. The van der Waals surface area contributed by atoms with E-state index < -0.39 is 0 Å². The van der Waals surface area contributed by atoms with Gasteiger partial charge < -0.3 is 19.5 Å². The third-order valence-electron chi connectivity index (χ3n) is 5.03. The molecule has 6 nitrogen and oxygen atoms in total. The van der Waals surface area contributed by atoms with E-state index in [1.54, 1.807) is 0 Å². The van der Waals surface area contributed by atoms with E-state index in [0.717, 1.165) is 48.8 Å². The second kappa shape index (κ2) is 7.40. The number of nitrogens with one attached hydrogen (secondary N) is 1. The Kier molecular flexibility index (Phi) is 4.81. The van der Waals surface area contributed by atoms with Crippen molar-refractivity contribution in [3.63, 3.8) is 0 Å². The number of aryl methyl sites for hydroxylation is 1. The summed E-state index contributed by atoms with van der Waals surface area (Å²) < 4.78 is 1.94. The summed E-state index contributed by atoms with van der Waals surface area (Å²) in [4.78, 5) is 21.6. The van der Waals surface area contributed by atoms with Crippen LogP contribution in [-0.4, -0.2) is 53.4 Å². The first-order valence-corrected chi connectivity index (χ1v) is 9.34. The van der Waals surface area contributed by atoms with Crippen molar-refractivity contribution in [3.8, 4) is 0 Å². The molecule has 1 aromatic carbocycles. The maximum Gasteiger partial charge on any atom is 0.230 e. The molecule has 27 heavy (non-hydrogen) atoms. The molecule has 0 radical (unpaired) electrons. The number of pyridine rings is 1. The quantitative estimate of drug-likeness (QED) is 0.774. The maximum absolute atomic E-state index is 12.4. The molecule has 0 saturated carbocycles. The fraction of sp³-hybridized carbons (Fsp3) is 0.333. The van der Waals surface area contributed by atoms with Gasteiger partial charge in [0.15, 0.2) is 0 Å². The number of benzene rings is 1. The van der Waals surface area contributed by atoms with Gasteiger partial charge >= 0.3 is 0 Å². The van der Waals surface area contributed by atoms with Gasteiger partial charge in [0, 0.05) is 49.9 Å². The normalized spacial score (nSPS) is 15.3. The zero-order valence-electron chi connectivity index (χ0n) is 15.9. The van der Waals surface area contributed by atoms with Crippen LogP contribution in [0.15, 0.2) is 48.8 Å². The van der Waals surface area contributed by atoms with Gasteiger partial charge in [-0.3, -0.25) is 4.79 Å². The Balaban J connectivity index is 1.37. The van der Waals surface area contributed by atoms with Crippen LogP contribution in [0.1, 0.15) is 11.3 Å². The summed E-state index contributed by atoms with van der Waals surface area (Å²) in [6.45, 7) is 6.27. The monoisotopic (exact) mass is 363 g/mol. The molecule has 0 atom stereocenters. The molecule has 1 fully saturated rings. The Bertz CT molecular complexity index is 939. The topological polar surface area (TPSA) is 52.9 Å². The zero-order chi connectivity index (χ0) is 18.8. The average Bonchev–Trinajstić information content (AvgIpc) is 3.04. The van der Waals surface area contributed by atoms with E-state index in [1.165, 1.54) is 5.69 Å². The highest BCUT2D eigenvalue weighted by Gasteiger charge is 2.14. The van der Waals surface area contributed by atoms with Crippen molar-refractivity contribution < 1.29 is 4.79 Å². The summed E-state index contributed by atoms with van der Waals surface area (Å²) in [6, 6.07) is 12.1. The molecule has 0 bridgehead atoms. The highest BCUT2D eigenvalue weighted by Crippen LogP contribution is 2.19. The minimum Gasteiger partial charge on any atom is -0.369 e. The number of piperazine rings is 1. The summed E-state index contributed by atoms with van der Waals surface area (Å²) in [5, 5.41) is 2.97. The number of hydrogen-bond acceptors (Lipinski definition) is 4. The van der Waals surface area contributed by atoms with Gasteiger partial charge in [0.25, 0.3) is 0 Å². The minimum atomic E-state index is -0.0533. The number of amides is 1. The number of rotatable bonds is 4. The van der Waals surface area contributed by atoms with E-state index in [9.17, 15) is 4.79 Å². The number of carbonyl (C=O) groups is 1. The number of carbonyl (C=O) groups excluding carboxylic acids is 1. The van der Waals surface area contributed by atoms with Crippen molar-refractivity contribution in [2.24, 2.45) is 0 Å². The molecule has 0 spiro atoms. The number of hydrogen-bond donors (Lipinski definition) is 1. The van der Waals surface area contributed by atoms with Crippen LogP contribution in [0, 0.1) is 6.92 Å². The highest BCUT2D eigenvalue weighted by atomic mass is 16.1. The Morgan fingerprint density at radius 2 is 1.85 bits per heavy atom. The largest absolute Gasteiger partial charge is 0.369 e. The molecule has 2 aromatic heterocycles. The first-order valence-electron chi connectivity index (χ1n) is 9.34. The lowest BCUT2D eigenvalue weighted by atomic mass is 10.2. The molecule has 1 N–H and O–H groups in total. The van der Waals surface area contributed by atoms with E-state index in [4.69, 9.17) is 0 Å². The Morgan fingerprint density at radius 3 is 2.59 bits per heavy atom. The average molecular weight is 363 g/mol. The maximum atomic E-state index is 12.4. The number of imidazole rings is 1. The van der Waals surface area contributed by atoms with Crippen LogP contribution in [0.3, 0.4) is 0 Å². The van der Waals surface area contributed by atoms with Crippen LogP contribution in [-0.2, 0) is 11.2 Å². The minimum absolute atomic E-state index is 0.0533. The second-order valence-electron chi connectivity index (χ2n) is 7.26.